The number of carbonyl (C=O) groups excluding carboxylic acids is 1. The minimum Gasteiger partial charge on any atom is -0.427 e. The van der Waals surface area contributed by atoms with Gasteiger partial charge in [0.2, 0.25) is 0 Å². The van der Waals surface area contributed by atoms with E-state index in [0.717, 1.165) is 31.7 Å². The number of aliphatic hydroxyl groups is 1. The summed E-state index contributed by atoms with van der Waals surface area (Å²) >= 11 is 0. The Balaban J connectivity index is 2.26. The molecular weight excluding hydrogens is 280 g/mol. The molecule has 22 heavy (non-hydrogen) atoms. The molecule has 0 unspecified atom stereocenters. The summed E-state index contributed by atoms with van der Waals surface area (Å²) in [7, 11) is 0. The zero-order valence-electron chi connectivity index (χ0n) is 13.6. The Kier molecular flexibility index (Phi) is 5.56. The third-order valence-electron chi connectivity index (χ3n) is 4.12. The highest BCUT2D eigenvalue weighted by Crippen LogP contribution is 2.38. The SMILES string of the molecule is CC(=O)Oc1ccc([C@H](N2CCNCC2)C(C)(C)CO)cc1. The molecule has 1 aliphatic rings. The average Bonchev–Trinajstić information content (AvgIpc) is 2.49. The highest BCUT2D eigenvalue weighted by Gasteiger charge is 2.35. The van der Waals surface area contributed by atoms with E-state index >= 15 is 0 Å². The second-order valence-electron chi connectivity index (χ2n) is 6.50. The van der Waals surface area contributed by atoms with Crippen LogP contribution in [0.25, 0.3) is 0 Å². The molecule has 0 saturated carbocycles. The van der Waals surface area contributed by atoms with Crippen LogP contribution in [-0.2, 0) is 4.79 Å². The fraction of sp³-hybridized carbons (Fsp3) is 0.588. The van der Waals surface area contributed by atoms with Gasteiger partial charge in [0.15, 0.2) is 0 Å². The molecule has 0 spiro atoms. The molecule has 0 aromatic heterocycles. The van der Waals surface area contributed by atoms with Crippen molar-refractivity contribution >= 4 is 5.97 Å². The van der Waals surface area contributed by atoms with Gasteiger partial charge in [-0.1, -0.05) is 26.0 Å². The number of rotatable bonds is 5. The van der Waals surface area contributed by atoms with Gasteiger partial charge < -0.3 is 15.2 Å². The van der Waals surface area contributed by atoms with Crippen molar-refractivity contribution in [3.05, 3.63) is 29.8 Å². The van der Waals surface area contributed by atoms with Gasteiger partial charge in [-0.15, -0.1) is 0 Å². The van der Waals surface area contributed by atoms with Gasteiger partial charge in [0, 0.05) is 51.2 Å². The lowest BCUT2D eigenvalue weighted by Crippen LogP contribution is -2.49. The average molecular weight is 306 g/mol. The molecule has 1 fully saturated rings. The highest BCUT2D eigenvalue weighted by atomic mass is 16.5. The fourth-order valence-corrected chi connectivity index (χ4v) is 3.07. The number of benzene rings is 1. The standard InChI is InChI=1S/C17H26N2O3/c1-13(21)22-15-6-4-14(5-7-15)16(17(2,3)12-20)19-10-8-18-9-11-19/h4-7,16,18,20H,8-12H2,1-3H3/t16-/m0/s1. The van der Waals surface area contributed by atoms with Crippen LogP contribution in [0.2, 0.25) is 0 Å². The molecule has 1 heterocycles. The van der Waals surface area contributed by atoms with Crippen LogP contribution >= 0.6 is 0 Å². The van der Waals surface area contributed by atoms with E-state index in [4.69, 9.17) is 4.74 Å². The van der Waals surface area contributed by atoms with Crippen molar-refractivity contribution in [3.63, 3.8) is 0 Å². The molecule has 1 aliphatic heterocycles. The van der Waals surface area contributed by atoms with E-state index in [1.54, 1.807) is 0 Å². The van der Waals surface area contributed by atoms with Crippen LogP contribution in [-0.4, -0.2) is 48.8 Å². The van der Waals surface area contributed by atoms with Gasteiger partial charge in [-0.05, 0) is 17.7 Å². The molecular formula is C17H26N2O3. The molecule has 0 aliphatic carbocycles. The molecule has 5 nitrogen and oxygen atoms in total. The molecule has 5 heteroatoms. The third kappa shape index (κ3) is 4.06. The van der Waals surface area contributed by atoms with Crippen molar-refractivity contribution in [3.8, 4) is 5.75 Å². The molecule has 1 atom stereocenters. The van der Waals surface area contributed by atoms with E-state index in [1.165, 1.54) is 6.92 Å². The van der Waals surface area contributed by atoms with Crippen molar-refractivity contribution in [2.45, 2.75) is 26.8 Å². The lowest BCUT2D eigenvalue weighted by Gasteiger charge is -2.43. The zero-order chi connectivity index (χ0) is 16.2. The van der Waals surface area contributed by atoms with Crippen LogP contribution in [0.15, 0.2) is 24.3 Å². The van der Waals surface area contributed by atoms with Gasteiger partial charge in [0.1, 0.15) is 5.75 Å². The zero-order valence-corrected chi connectivity index (χ0v) is 13.6. The summed E-state index contributed by atoms with van der Waals surface area (Å²) in [6.07, 6.45) is 0. The number of piperazine rings is 1. The molecule has 122 valence electrons. The number of carbonyl (C=O) groups is 1. The Labute approximate surface area is 132 Å². The molecule has 1 saturated heterocycles. The minimum absolute atomic E-state index is 0.118. The van der Waals surface area contributed by atoms with E-state index < -0.39 is 0 Å². The van der Waals surface area contributed by atoms with Crippen molar-refractivity contribution in [2.24, 2.45) is 5.41 Å². The number of hydrogen-bond donors (Lipinski definition) is 2. The van der Waals surface area contributed by atoms with E-state index in [9.17, 15) is 9.90 Å². The number of esters is 1. The Bertz CT molecular complexity index is 493. The first-order valence-corrected chi connectivity index (χ1v) is 7.78. The van der Waals surface area contributed by atoms with Gasteiger partial charge in [-0.25, -0.2) is 0 Å². The van der Waals surface area contributed by atoms with Crippen LogP contribution in [0.4, 0.5) is 0 Å². The normalized spacial score (nSPS) is 18.0. The van der Waals surface area contributed by atoms with Crippen molar-refractivity contribution in [2.75, 3.05) is 32.8 Å². The summed E-state index contributed by atoms with van der Waals surface area (Å²) in [5.41, 5.74) is 0.886. The second kappa shape index (κ2) is 7.22. The Morgan fingerprint density at radius 1 is 1.32 bits per heavy atom. The summed E-state index contributed by atoms with van der Waals surface area (Å²) in [6, 6.07) is 7.75. The van der Waals surface area contributed by atoms with E-state index in [2.05, 4.69) is 24.1 Å². The van der Waals surface area contributed by atoms with Gasteiger partial charge in [0.25, 0.3) is 0 Å². The van der Waals surface area contributed by atoms with E-state index in [0.29, 0.717) is 5.75 Å². The summed E-state index contributed by atoms with van der Waals surface area (Å²) in [4.78, 5) is 13.4. The highest BCUT2D eigenvalue weighted by molar-refractivity contribution is 5.69. The first-order valence-electron chi connectivity index (χ1n) is 7.78. The van der Waals surface area contributed by atoms with Gasteiger partial charge in [0.05, 0.1) is 0 Å². The third-order valence-corrected chi connectivity index (χ3v) is 4.12. The monoisotopic (exact) mass is 306 g/mol. The van der Waals surface area contributed by atoms with Crippen LogP contribution in [0.1, 0.15) is 32.4 Å². The maximum absolute atomic E-state index is 11.0. The Morgan fingerprint density at radius 3 is 2.41 bits per heavy atom. The number of hydrogen-bond acceptors (Lipinski definition) is 5. The molecule has 1 aromatic carbocycles. The first kappa shape index (κ1) is 16.9. The van der Waals surface area contributed by atoms with Crippen LogP contribution < -0.4 is 10.1 Å². The summed E-state index contributed by atoms with van der Waals surface area (Å²) in [6.45, 7) is 9.52. The maximum atomic E-state index is 11.0. The van der Waals surface area contributed by atoms with Crippen LogP contribution in [0.3, 0.4) is 0 Å². The van der Waals surface area contributed by atoms with E-state index in [1.807, 2.05) is 24.3 Å². The van der Waals surface area contributed by atoms with Gasteiger partial charge in [-0.3, -0.25) is 9.69 Å². The van der Waals surface area contributed by atoms with Gasteiger partial charge >= 0.3 is 5.97 Å². The lowest BCUT2D eigenvalue weighted by atomic mass is 9.79. The fourth-order valence-electron chi connectivity index (χ4n) is 3.07. The summed E-state index contributed by atoms with van der Waals surface area (Å²) in [5.74, 6) is 0.235. The van der Waals surface area contributed by atoms with E-state index in [-0.39, 0.29) is 24.0 Å². The van der Waals surface area contributed by atoms with Crippen molar-refractivity contribution < 1.29 is 14.6 Å². The van der Waals surface area contributed by atoms with Crippen LogP contribution in [0.5, 0.6) is 5.75 Å². The smallest absolute Gasteiger partial charge is 0.308 e. The maximum Gasteiger partial charge on any atom is 0.308 e. The predicted molar refractivity (Wildman–Crippen MR) is 85.8 cm³/mol. The molecule has 1 aromatic rings. The van der Waals surface area contributed by atoms with Crippen molar-refractivity contribution in [1.29, 1.82) is 0 Å². The minimum atomic E-state index is -0.318. The topological polar surface area (TPSA) is 61.8 Å². The Morgan fingerprint density at radius 2 is 1.91 bits per heavy atom. The number of nitrogens with zero attached hydrogens (tertiary/aromatic N) is 1. The molecule has 2 rings (SSSR count). The number of aliphatic hydroxyl groups excluding tert-OH is 1. The largest absolute Gasteiger partial charge is 0.427 e. The molecule has 0 amide bonds. The van der Waals surface area contributed by atoms with Crippen molar-refractivity contribution in [1.82, 2.24) is 10.2 Å². The molecule has 2 N–H and O–H groups in total. The first-order chi connectivity index (χ1) is 10.4. The number of nitrogens with one attached hydrogen (secondary N) is 1. The number of ether oxygens (including phenoxy) is 1. The van der Waals surface area contributed by atoms with Crippen LogP contribution in [0, 0.1) is 5.41 Å². The summed E-state index contributed by atoms with van der Waals surface area (Å²) in [5, 5.41) is 13.2. The quantitative estimate of drug-likeness (QED) is 0.639. The molecule has 0 radical (unpaired) electrons. The van der Waals surface area contributed by atoms with Gasteiger partial charge in [-0.2, -0.15) is 0 Å². The lowest BCUT2D eigenvalue weighted by molar-refractivity contribution is -0.131. The molecule has 0 bridgehead atoms. The summed E-state index contributed by atoms with van der Waals surface area (Å²) < 4.78 is 5.09. The second-order valence-corrected chi connectivity index (χ2v) is 6.50. The Hall–Kier alpha value is -1.43. The predicted octanol–water partition coefficient (Wildman–Crippen LogP) is 1.58.